The molecule has 0 saturated carbocycles. The third-order valence-corrected chi connectivity index (χ3v) is 1.01. The Balaban J connectivity index is 2.90. The van der Waals surface area contributed by atoms with E-state index in [4.69, 9.17) is 5.11 Å². The summed E-state index contributed by atoms with van der Waals surface area (Å²) in [6, 6.07) is 2.99. The molecule has 1 aromatic rings. The Labute approximate surface area is 63.7 Å². The molecule has 0 spiro atoms. The first-order valence-electron chi connectivity index (χ1n) is 2.93. The minimum absolute atomic E-state index is 0.0849. The molecule has 1 aromatic heterocycles. The summed E-state index contributed by atoms with van der Waals surface area (Å²) in [6.45, 7) is 0. The number of hydrogen-bond acceptors (Lipinski definition) is 3. The Morgan fingerprint density at radius 1 is 1.55 bits per heavy atom. The van der Waals surface area contributed by atoms with Crippen LogP contribution in [0.25, 0.3) is 0 Å². The van der Waals surface area contributed by atoms with Gasteiger partial charge < -0.3 is 5.11 Å². The summed E-state index contributed by atoms with van der Waals surface area (Å²) in [5.41, 5.74) is 0.468. The van der Waals surface area contributed by atoms with Crippen LogP contribution >= 0.6 is 0 Å². The Bertz CT molecular complexity index is 305. The van der Waals surface area contributed by atoms with E-state index in [1.54, 1.807) is 0 Å². The summed E-state index contributed by atoms with van der Waals surface area (Å²) in [4.78, 5) is 13.5. The van der Waals surface area contributed by atoms with Crippen LogP contribution in [0.15, 0.2) is 18.3 Å². The topological polar surface area (TPSA) is 50.2 Å². The van der Waals surface area contributed by atoms with Crippen molar-refractivity contribution in [2.45, 2.75) is 0 Å². The molecular formula is C8H5NO2. The number of aromatic nitrogens is 1. The average Bonchev–Trinajstić information content (AvgIpc) is 2.04. The highest BCUT2D eigenvalue weighted by Gasteiger charge is 1.87. The second-order valence-corrected chi connectivity index (χ2v) is 1.79. The number of carbonyl (C=O) groups is 1. The van der Waals surface area contributed by atoms with Crippen molar-refractivity contribution in [3.05, 3.63) is 24.0 Å². The fraction of sp³-hybridized carbons (Fsp3) is 0. The lowest BCUT2D eigenvalue weighted by molar-refractivity contribution is -0.103. The number of pyridine rings is 1. The fourth-order valence-electron chi connectivity index (χ4n) is 0.563. The third kappa shape index (κ3) is 2.11. The molecule has 1 rings (SSSR count). The van der Waals surface area contributed by atoms with Gasteiger partial charge in [0, 0.05) is 0 Å². The highest BCUT2D eigenvalue weighted by Crippen LogP contribution is 2.04. The summed E-state index contributed by atoms with van der Waals surface area (Å²) in [5, 5.41) is 8.80. The van der Waals surface area contributed by atoms with Gasteiger partial charge in [-0.1, -0.05) is 0 Å². The van der Waals surface area contributed by atoms with Crippen molar-refractivity contribution in [3.8, 4) is 17.6 Å². The van der Waals surface area contributed by atoms with Gasteiger partial charge in [0.15, 0.2) is 6.29 Å². The predicted octanol–water partition coefficient (Wildman–Crippen LogP) is 0.338. The molecule has 0 aliphatic heterocycles. The first-order valence-corrected chi connectivity index (χ1v) is 2.93. The maximum Gasteiger partial charge on any atom is 0.193 e. The van der Waals surface area contributed by atoms with Crippen LogP contribution in [0.3, 0.4) is 0 Å². The SMILES string of the molecule is O=CC#Cc1ccc(O)cn1. The lowest BCUT2D eigenvalue weighted by atomic mass is 10.3. The van der Waals surface area contributed by atoms with Crippen molar-refractivity contribution < 1.29 is 9.90 Å². The zero-order valence-corrected chi connectivity index (χ0v) is 5.61. The van der Waals surface area contributed by atoms with E-state index >= 15 is 0 Å². The molecule has 0 radical (unpaired) electrons. The first-order chi connectivity index (χ1) is 5.33. The lowest BCUT2D eigenvalue weighted by Crippen LogP contribution is -1.79. The zero-order chi connectivity index (χ0) is 8.10. The van der Waals surface area contributed by atoms with Crippen LogP contribution in [-0.4, -0.2) is 16.4 Å². The monoisotopic (exact) mass is 147 g/mol. The molecule has 0 amide bonds. The van der Waals surface area contributed by atoms with Gasteiger partial charge in [-0.15, -0.1) is 0 Å². The minimum Gasteiger partial charge on any atom is -0.506 e. The molecule has 0 unspecified atom stereocenters. The van der Waals surface area contributed by atoms with E-state index in [9.17, 15) is 4.79 Å². The van der Waals surface area contributed by atoms with Gasteiger partial charge >= 0.3 is 0 Å². The highest BCUT2D eigenvalue weighted by molar-refractivity contribution is 5.73. The zero-order valence-electron chi connectivity index (χ0n) is 5.61. The van der Waals surface area contributed by atoms with E-state index in [2.05, 4.69) is 16.8 Å². The number of nitrogens with zero attached hydrogens (tertiary/aromatic N) is 1. The van der Waals surface area contributed by atoms with Crippen LogP contribution in [-0.2, 0) is 4.79 Å². The molecule has 54 valence electrons. The van der Waals surface area contributed by atoms with Gasteiger partial charge in [0.05, 0.1) is 6.20 Å². The van der Waals surface area contributed by atoms with Crippen LogP contribution < -0.4 is 0 Å². The summed E-state index contributed by atoms with van der Waals surface area (Å²) < 4.78 is 0. The first kappa shape index (κ1) is 7.29. The number of hydrogen-bond donors (Lipinski definition) is 1. The van der Waals surface area contributed by atoms with E-state index in [0.29, 0.717) is 12.0 Å². The molecule has 0 saturated heterocycles. The van der Waals surface area contributed by atoms with Gasteiger partial charge in [0.2, 0.25) is 0 Å². The predicted molar refractivity (Wildman–Crippen MR) is 38.8 cm³/mol. The molecule has 0 bridgehead atoms. The Morgan fingerprint density at radius 2 is 2.36 bits per heavy atom. The normalized spacial score (nSPS) is 8.00. The van der Waals surface area contributed by atoms with Gasteiger partial charge in [-0.3, -0.25) is 4.79 Å². The molecule has 0 aromatic carbocycles. The Hall–Kier alpha value is -1.82. The summed E-state index contributed by atoms with van der Waals surface area (Å²) >= 11 is 0. The van der Waals surface area contributed by atoms with Crippen molar-refractivity contribution in [1.82, 2.24) is 4.98 Å². The highest BCUT2D eigenvalue weighted by atomic mass is 16.3. The molecule has 3 nitrogen and oxygen atoms in total. The Kier molecular flexibility index (Phi) is 2.24. The van der Waals surface area contributed by atoms with Crippen molar-refractivity contribution >= 4 is 6.29 Å². The van der Waals surface area contributed by atoms with E-state index < -0.39 is 0 Å². The molecule has 1 heterocycles. The quantitative estimate of drug-likeness (QED) is 0.425. The smallest absolute Gasteiger partial charge is 0.193 e. The van der Waals surface area contributed by atoms with Crippen LogP contribution in [0.5, 0.6) is 5.75 Å². The molecule has 3 heteroatoms. The summed E-state index contributed by atoms with van der Waals surface area (Å²) in [6.07, 6.45) is 1.77. The van der Waals surface area contributed by atoms with Gasteiger partial charge in [-0.2, -0.15) is 0 Å². The summed E-state index contributed by atoms with van der Waals surface area (Å²) in [5.74, 6) is 4.78. The van der Waals surface area contributed by atoms with Crippen molar-refractivity contribution in [2.24, 2.45) is 0 Å². The largest absolute Gasteiger partial charge is 0.506 e. The van der Waals surface area contributed by atoms with Crippen molar-refractivity contribution in [2.75, 3.05) is 0 Å². The van der Waals surface area contributed by atoms with Crippen LogP contribution in [0.4, 0.5) is 0 Å². The number of aldehydes is 1. The second-order valence-electron chi connectivity index (χ2n) is 1.79. The molecule has 0 aliphatic rings. The molecule has 11 heavy (non-hydrogen) atoms. The molecule has 1 N–H and O–H groups in total. The molecule has 0 fully saturated rings. The van der Waals surface area contributed by atoms with E-state index in [1.165, 1.54) is 18.3 Å². The van der Waals surface area contributed by atoms with Crippen LogP contribution in [0.2, 0.25) is 0 Å². The minimum atomic E-state index is 0.0849. The standard InChI is InChI=1S/C8H5NO2/c10-5-1-2-7-3-4-8(11)6-9-7/h3-6,11H. The molecular weight excluding hydrogens is 142 g/mol. The maximum absolute atomic E-state index is 9.79. The lowest BCUT2D eigenvalue weighted by Gasteiger charge is -1.88. The molecule has 0 aliphatic carbocycles. The van der Waals surface area contributed by atoms with E-state index in [0.717, 1.165) is 0 Å². The molecule has 0 atom stereocenters. The van der Waals surface area contributed by atoms with Crippen molar-refractivity contribution in [1.29, 1.82) is 0 Å². The fourth-order valence-corrected chi connectivity index (χ4v) is 0.563. The second kappa shape index (κ2) is 3.37. The van der Waals surface area contributed by atoms with E-state index in [-0.39, 0.29) is 5.75 Å². The number of carbonyl (C=O) groups excluding carboxylic acids is 1. The van der Waals surface area contributed by atoms with Gasteiger partial charge in [-0.25, -0.2) is 4.98 Å². The van der Waals surface area contributed by atoms with Crippen LogP contribution in [0, 0.1) is 11.8 Å². The number of rotatable bonds is 0. The average molecular weight is 147 g/mol. The third-order valence-electron chi connectivity index (χ3n) is 1.01. The van der Waals surface area contributed by atoms with Gasteiger partial charge in [-0.05, 0) is 24.0 Å². The Morgan fingerprint density at radius 3 is 2.91 bits per heavy atom. The maximum atomic E-state index is 9.79. The van der Waals surface area contributed by atoms with Crippen molar-refractivity contribution in [3.63, 3.8) is 0 Å². The number of aromatic hydroxyl groups is 1. The summed E-state index contributed by atoms with van der Waals surface area (Å²) in [7, 11) is 0. The van der Waals surface area contributed by atoms with Gasteiger partial charge in [0.1, 0.15) is 11.4 Å². The van der Waals surface area contributed by atoms with Gasteiger partial charge in [0.25, 0.3) is 0 Å². The van der Waals surface area contributed by atoms with Crippen LogP contribution in [0.1, 0.15) is 5.69 Å². The van der Waals surface area contributed by atoms with E-state index in [1.807, 2.05) is 0 Å².